The monoisotopic (exact) mass is 782 g/mol. The number of fused-ring (bicyclic) bond motifs is 7. The highest BCUT2D eigenvalue weighted by Crippen LogP contribution is 2.76. The highest BCUT2D eigenvalue weighted by Gasteiger charge is 2.71. The van der Waals surface area contributed by atoms with Crippen LogP contribution in [0.1, 0.15) is 99.3 Å². The second-order valence-corrected chi connectivity index (χ2v) is 20.2. The highest BCUT2D eigenvalue weighted by molar-refractivity contribution is 5.79. The second kappa shape index (κ2) is 14.2. The fourth-order valence-electron chi connectivity index (χ4n) is 13.4. The highest BCUT2D eigenvalue weighted by atomic mass is 16.7. The largest absolute Gasteiger partial charge is 0.432 e. The molecule has 5 aliphatic carbocycles. The quantitative estimate of drug-likeness (QED) is 0.104. The molecule has 0 aromatic carbocycles. The summed E-state index contributed by atoms with van der Waals surface area (Å²) in [5.41, 5.74) is -1.65. The molecule has 0 aromatic heterocycles. The number of ether oxygens (including phenoxy) is 4. The van der Waals surface area contributed by atoms with Crippen molar-refractivity contribution in [3.05, 3.63) is 11.6 Å². The fourth-order valence-corrected chi connectivity index (χ4v) is 13.4. The van der Waals surface area contributed by atoms with Crippen LogP contribution in [-0.4, -0.2) is 139 Å². The van der Waals surface area contributed by atoms with Gasteiger partial charge in [0.15, 0.2) is 6.29 Å². The molecule has 14 nitrogen and oxygen atoms in total. The molecule has 0 aromatic rings. The van der Waals surface area contributed by atoms with Crippen LogP contribution in [-0.2, 0) is 23.7 Å². The minimum atomic E-state index is -1.69. The van der Waals surface area contributed by atoms with E-state index in [4.69, 9.17) is 18.9 Å². The first-order valence-electron chi connectivity index (χ1n) is 20.5. The molecule has 19 atom stereocenters. The minimum absolute atomic E-state index is 0.0622. The molecule has 0 spiro atoms. The molecule has 7 aliphatic rings. The predicted molar refractivity (Wildman–Crippen MR) is 194 cm³/mol. The Balaban J connectivity index is 1.19. The van der Waals surface area contributed by atoms with E-state index >= 15 is 0 Å². The van der Waals surface area contributed by atoms with Crippen LogP contribution in [0.2, 0.25) is 0 Å². The first-order valence-corrected chi connectivity index (χ1v) is 20.5. The Kier molecular flexibility index (Phi) is 10.8. The summed E-state index contributed by atoms with van der Waals surface area (Å²) in [5, 5.41) is 95.4. The van der Waals surface area contributed by atoms with Gasteiger partial charge in [-0.3, -0.25) is 4.79 Å². The number of rotatable bonds is 6. The maximum Gasteiger partial charge on any atom is 0.315 e. The van der Waals surface area contributed by atoms with Crippen molar-refractivity contribution < 1.29 is 69.7 Å². The Hall–Kier alpha value is -1.27. The molecular weight excluding hydrogens is 716 g/mol. The molecule has 2 heterocycles. The number of hydrogen-bond acceptors (Lipinski definition) is 14. The van der Waals surface area contributed by atoms with Gasteiger partial charge in [-0.25, -0.2) is 0 Å². The van der Waals surface area contributed by atoms with Crippen LogP contribution in [0, 0.1) is 50.2 Å². The normalized spacial score (nSPS) is 54.9. The molecule has 6 fully saturated rings. The lowest BCUT2D eigenvalue weighted by Gasteiger charge is -2.71. The predicted octanol–water partition coefficient (Wildman–Crippen LogP) is 0.899. The zero-order valence-corrected chi connectivity index (χ0v) is 33.2. The number of carbonyl (C=O) groups excluding carboxylic acids is 1. The van der Waals surface area contributed by atoms with E-state index in [9.17, 15) is 50.8 Å². The standard InChI is InChI=1S/C41H66O14/c1-36(2)11-13-41(35(51)55-34-31(50)29(48)28(47)24(17-42)53-34)14-12-39(5)20(21(41)15-36)7-8-26-37(3)16-22(44)32(54-33-30(49)27(46)23(45)18-52-33)38(4,19-43)25(37)9-10-40(26,39)6/h7,21-34,42-50H,8-19H2,1-6H3. The van der Waals surface area contributed by atoms with E-state index in [-0.39, 0.29) is 47.2 Å². The lowest BCUT2D eigenvalue weighted by molar-refractivity contribution is -0.328. The summed E-state index contributed by atoms with van der Waals surface area (Å²) < 4.78 is 23.4. The molecule has 0 amide bonds. The van der Waals surface area contributed by atoms with Gasteiger partial charge in [0.25, 0.3) is 0 Å². The summed E-state index contributed by atoms with van der Waals surface area (Å²) in [6.07, 6.45) is -6.75. The maximum atomic E-state index is 14.5. The Morgan fingerprint density at radius 3 is 2.13 bits per heavy atom. The first-order chi connectivity index (χ1) is 25.6. The van der Waals surface area contributed by atoms with Crippen LogP contribution < -0.4 is 0 Å². The van der Waals surface area contributed by atoms with E-state index in [0.29, 0.717) is 32.1 Å². The van der Waals surface area contributed by atoms with E-state index in [1.165, 1.54) is 5.57 Å². The number of allylic oxidation sites excluding steroid dienone is 2. The van der Waals surface area contributed by atoms with Crippen LogP contribution in [0.15, 0.2) is 11.6 Å². The van der Waals surface area contributed by atoms with Gasteiger partial charge in [0.2, 0.25) is 6.29 Å². The Bertz CT molecular complexity index is 1490. The van der Waals surface area contributed by atoms with Crippen molar-refractivity contribution in [2.45, 2.75) is 167 Å². The van der Waals surface area contributed by atoms with E-state index in [1.807, 2.05) is 6.92 Å². The van der Waals surface area contributed by atoms with Crippen molar-refractivity contribution in [1.82, 2.24) is 0 Å². The molecule has 19 unspecified atom stereocenters. The topological polar surface area (TPSA) is 236 Å². The lowest BCUT2D eigenvalue weighted by atomic mass is 9.33. The van der Waals surface area contributed by atoms with Gasteiger partial charge in [0.1, 0.15) is 42.7 Å². The van der Waals surface area contributed by atoms with Gasteiger partial charge in [0.05, 0.1) is 37.4 Å². The van der Waals surface area contributed by atoms with Gasteiger partial charge in [-0.15, -0.1) is 0 Å². The molecule has 4 saturated carbocycles. The molecule has 314 valence electrons. The van der Waals surface area contributed by atoms with E-state index < -0.39 is 96.3 Å². The summed E-state index contributed by atoms with van der Waals surface area (Å²) in [4.78, 5) is 14.5. The molecule has 55 heavy (non-hydrogen) atoms. The van der Waals surface area contributed by atoms with E-state index in [0.717, 1.165) is 25.7 Å². The minimum Gasteiger partial charge on any atom is -0.432 e. The van der Waals surface area contributed by atoms with Crippen LogP contribution in [0.3, 0.4) is 0 Å². The van der Waals surface area contributed by atoms with Crippen molar-refractivity contribution in [2.24, 2.45) is 50.2 Å². The molecule has 9 N–H and O–H groups in total. The molecule has 7 rings (SSSR count). The lowest BCUT2D eigenvalue weighted by Crippen LogP contribution is -2.69. The Morgan fingerprint density at radius 2 is 1.45 bits per heavy atom. The summed E-state index contributed by atoms with van der Waals surface area (Å²) in [6, 6.07) is 0. The van der Waals surface area contributed by atoms with Gasteiger partial charge < -0.3 is 64.9 Å². The third kappa shape index (κ3) is 6.13. The molecule has 0 radical (unpaired) electrons. The van der Waals surface area contributed by atoms with Crippen LogP contribution in [0.5, 0.6) is 0 Å². The molecule has 0 bridgehead atoms. The number of hydrogen-bond donors (Lipinski definition) is 9. The third-order valence-corrected chi connectivity index (χ3v) is 16.9. The summed E-state index contributed by atoms with van der Waals surface area (Å²) in [7, 11) is 0. The van der Waals surface area contributed by atoms with E-state index in [2.05, 4.69) is 40.7 Å². The smallest absolute Gasteiger partial charge is 0.315 e. The van der Waals surface area contributed by atoms with Gasteiger partial charge in [-0.2, -0.15) is 0 Å². The summed E-state index contributed by atoms with van der Waals surface area (Å²) in [6.45, 7) is 12.2. The van der Waals surface area contributed by atoms with Gasteiger partial charge >= 0.3 is 5.97 Å². The first kappa shape index (κ1) is 41.9. The summed E-state index contributed by atoms with van der Waals surface area (Å²) in [5.74, 6) is -0.634. The van der Waals surface area contributed by atoms with Crippen molar-refractivity contribution in [2.75, 3.05) is 19.8 Å². The van der Waals surface area contributed by atoms with Gasteiger partial charge in [0, 0.05) is 5.41 Å². The second-order valence-electron chi connectivity index (χ2n) is 20.2. The SMILES string of the molecule is CC1(C)CCC2(C(=O)OC3OC(CO)C(O)C(O)C3O)CCC3(C)C(=CCC4C5(C)CC(O)C(OC6OCC(O)C(O)C6O)C(C)(CO)C5CCC43C)C2C1. The van der Waals surface area contributed by atoms with Crippen molar-refractivity contribution in [3.8, 4) is 0 Å². The third-order valence-electron chi connectivity index (χ3n) is 16.9. The average molecular weight is 783 g/mol. The molecule has 14 heteroatoms. The van der Waals surface area contributed by atoms with Gasteiger partial charge in [-0.05, 0) is 97.2 Å². The molecular formula is C41H66O14. The van der Waals surface area contributed by atoms with E-state index in [1.54, 1.807) is 0 Å². The number of esters is 1. The number of aliphatic hydroxyl groups excluding tert-OH is 9. The van der Waals surface area contributed by atoms with Crippen LogP contribution in [0.4, 0.5) is 0 Å². The maximum absolute atomic E-state index is 14.5. The molecule has 2 aliphatic heterocycles. The van der Waals surface area contributed by atoms with Crippen molar-refractivity contribution in [3.63, 3.8) is 0 Å². The number of carbonyl (C=O) groups is 1. The Labute approximate surface area is 323 Å². The van der Waals surface area contributed by atoms with Crippen molar-refractivity contribution >= 4 is 5.97 Å². The summed E-state index contributed by atoms with van der Waals surface area (Å²) >= 11 is 0. The van der Waals surface area contributed by atoms with Crippen molar-refractivity contribution in [1.29, 1.82) is 0 Å². The zero-order chi connectivity index (χ0) is 40.3. The zero-order valence-electron chi connectivity index (χ0n) is 33.2. The van der Waals surface area contributed by atoms with Crippen LogP contribution >= 0.6 is 0 Å². The fraction of sp³-hybridized carbons (Fsp3) is 0.927. The number of aliphatic hydroxyl groups is 9. The van der Waals surface area contributed by atoms with Crippen LogP contribution in [0.25, 0.3) is 0 Å². The Morgan fingerprint density at radius 1 is 0.782 bits per heavy atom. The van der Waals surface area contributed by atoms with Gasteiger partial charge in [-0.1, -0.05) is 53.2 Å². The molecule has 2 saturated heterocycles. The average Bonchev–Trinajstić information content (AvgIpc) is 3.13.